The number of thiophene rings is 1. The van der Waals surface area contributed by atoms with E-state index in [1.165, 1.54) is 4.88 Å². The van der Waals surface area contributed by atoms with E-state index in [0.717, 1.165) is 15.8 Å². The molecular weight excluding hydrogens is 184 g/mol. The van der Waals surface area contributed by atoms with E-state index >= 15 is 0 Å². The molecule has 0 aliphatic carbocycles. The number of phenols is 1. The van der Waals surface area contributed by atoms with Gasteiger partial charge in [0.1, 0.15) is 11.5 Å². The van der Waals surface area contributed by atoms with Crippen LogP contribution >= 0.6 is 11.3 Å². The van der Waals surface area contributed by atoms with Crippen molar-refractivity contribution in [2.24, 2.45) is 0 Å². The van der Waals surface area contributed by atoms with Gasteiger partial charge in [0.25, 0.3) is 0 Å². The summed E-state index contributed by atoms with van der Waals surface area (Å²) in [5.74, 6) is 1.14. The standard InChI is InChI=1S/C10H10O2S/c1-6-5-7-8(11)3-4-9(12-2)10(7)13-6/h3-5,11H,1-2H3. The monoisotopic (exact) mass is 194 g/mol. The third-order valence-electron chi connectivity index (χ3n) is 1.97. The highest BCUT2D eigenvalue weighted by molar-refractivity contribution is 7.19. The lowest BCUT2D eigenvalue weighted by Crippen LogP contribution is -1.81. The van der Waals surface area contributed by atoms with Crippen molar-refractivity contribution >= 4 is 21.4 Å². The molecule has 0 radical (unpaired) electrons. The Morgan fingerprint density at radius 1 is 1.38 bits per heavy atom. The average molecular weight is 194 g/mol. The summed E-state index contributed by atoms with van der Waals surface area (Å²) in [4.78, 5) is 1.18. The fourth-order valence-corrected chi connectivity index (χ4v) is 2.39. The summed E-state index contributed by atoms with van der Waals surface area (Å²) in [6, 6.07) is 5.42. The van der Waals surface area contributed by atoms with E-state index in [9.17, 15) is 5.11 Å². The molecule has 1 N–H and O–H groups in total. The second-order valence-electron chi connectivity index (χ2n) is 2.89. The first-order valence-electron chi connectivity index (χ1n) is 3.98. The number of benzene rings is 1. The summed E-state index contributed by atoms with van der Waals surface area (Å²) in [5, 5.41) is 10.4. The van der Waals surface area contributed by atoms with Crippen molar-refractivity contribution in [1.82, 2.24) is 0 Å². The van der Waals surface area contributed by atoms with Crippen molar-refractivity contribution in [2.75, 3.05) is 7.11 Å². The van der Waals surface area contributed by atoms with Crippen molar-refractivity contribution < 1.29 is 9.84 Å². The SMILES string of the molecule is COc1ccc(O)c2cc(C)sc12. The predicted molar refractivity (Wildman–Crippen MR) is 54.8 cm³/mol. The molecule has 0 atom stereocenters. The molecule has 13 heavy (non-hydrogen) atoms. The first-order chi connectivity index (χ1) is 6.22. The maximum Gasteiger partial charge on any atom is 0.136 e. The van der Waals surface area contributed by atoms with Crippen LogP contribution in [0.5, 0.6) is 11.5 Å². The molecule has 0 aliphatic rings. The molecule has 1 aromatic heterocycles. The molecule has 0 unspecified atom stereocenters. The minimum Gasteiger partial charge on any atom is -0.507 e. The van der Waals surface area contributed by atoms with E-state index in [1.807, 2.05) is 13.0 Å². The maximum atomic E-state index is 9.56. The van der Waals surface area contributed by atoms with Crippen molar-refractivity contribution in [3.8, 4) is 11.5 Å². The number of hydrogen-bond acceptors (Lipinski definition) is 3. The molecular formula is C10H10O2S. The summed E-state index contributed by atoms with van der Waals surface area (Å²) in [5.41, 5.74) is 0. The molecule has 0 aliphatic heterocycles. The van der Waals surface area contributed by atoms with Gasteiger partial charge in [-0.2, -0.15) is 0 Å². The molecule has 1 aromatic carbocycles. The number of aryl methyl sites for hydroxylation is 1. The first kappa shape index (κ1) is 8.38. The summed E-state index contributed by atoms with van der Waals surface area (Å²) in [6.45, 7) is 2.02. The molecule has 2 nitrogen and oxygen atoms in total. The predicted octanol–water partition coefficient (Wildman–Crippen LogP) is 2.92. The Bertz CT molecular complexity index is 445. The average Bonchev–Trinajstić information content (AvgIpc) is 2.48. The third-order valence-corrected chi connectivity index (χ3v) is 3.03. The molecule has 68 valence electrons. The van der Waals surface area contributed by atoms with E-state index in [0.29, 0.717) is 5.75 Å². The van der Waals surface area contributed by atoms with Crippen LogP contribution in [-0.2, 0) is 0 Å². The lowest BCUT2D eigenvalue weighted by Gasteiger charge is -2.01. The van der Waals surface area contributed by atoms with Gasteiger partial charge in [0.15, 0.2) is 0 Å². The fraction of sp³-hybridized carbons (Fsp3) is 0.200. The Balaban J connectivity index is 2.83. The zero-order valence-electron chi connectivity index (χ0n) is 7.50. The lowest BCUT2D eigenvalue weighted by atomic mass is 10.2. The van der Waals surface area contributed by atoms with E-state index in [2.05, 4.69) is 0 Å². The topological polar surface area (TPSA) is 29.5 Å². The first-order valence-corrected chi connectivity index (χ1v) is 4.80. The van der Waals surface area contributed by atoms with Crippen LogP contribution in [-0.4, -0.2) is 12.2 Å². The highest BCUT2D eigenvalue weighted by Gasteiger charge is 2.08. The van der Waals surface area contributed by atoms with E-state index in [1.54, 1.807) is 30.6 Å². The van der Waals surface area contributed by atoms with Crippen LogP contribution in [0.25, 0.3) is 10.1 Å². The number of aromatic hydroxyl groups is 1. The minimum absolute atomic E-state index is 0.320. The summed E-state index contributed by atoms with van der Waals surface area (Å²) < 4.78 is 6.21. The van der Waals surface area contributed by atoms with Gasteiger partial charge in [-0.05, 0) is 25.1 Å². The number of phenolic OH excluding ortho intramolecular Hbond substituents is 1. The molecule has 2 rings (SSSR count). The Kier molecular flexibility index (Phi) is 1.88. The van der Waals surface area contributed by atoms with E-state index in [-0.39, 0.29) is 0 Å². The van der Waals surface area contributed by atoms with Crippen LogP contribution in [0.3, 0.4) is 0 Å². The Labute approximate surface area is 80.4 Å². The third kappa shape index (κ3) is 1.25. The molecule has 0 saturated carbocycles. The Morgan fingerprint density at radius 2 is 2.15 bits per heavy atom. The zero-order valence-corrected chi connectivity index (χ0v) is 8.31. The number of methoxy groups -OCH3 is 1. The number of fused-ring (bicyclic) bond motifs is 1. The van der Waals surface area contributed by atoms with Crippen LogP contribution in [0, 0.1) is 6.92 Å². The molecule has 0 spiro atoms. The number of hydrogen-bond donors (Lipinski definition) is 1. The fourth-order valence-electron chi connectivity index (χ4n) is 1.37. The zero-order chi connectivity index (χ0) is 9.42. The smallest absolute Gasteiger partial charge is 0.136 e. The summed E-state index contributed by atoms with van der Waals surface area (Å²) in [7, 11) is 1.64. The second kappa shape index (κ2) is 2.92. The molecule has 0 fully saturated rings. The number of ether oxygens (including phenoxy) is 1. The van der Waals surface area contributed by atoms with Crippen LogP contribution in [0.1, 0.15) is 4.88 Å². The second-order valence-corrected chi connectivity index (χ2v) is 4.14. The van der Waals surface area contributed by atoms with Crippen LogP contribution < -0.4 is 4.74 Å². The highest BCUT2D eigenvalue weighted by Crippen LogP contribution is 2.38. The number of rotatable bonds is 1. The van der Waals surface area contributed by atoms with Gasteiger partial charge in [0.05, 0.1) is 11.8 Å². The highest BCUT2D eigenvalue weighted by atomic mass is 32.1. The van der Waals surface area contributed by atoms with Gasteiger partial charge in [-0.25, -0.2) is 0 Å². The van der Waals surface area contributed by atoms with E-state index < -0.39 is 0 Å². The Hall–Kier alpha value is -1.22. The van der Waals surface area contributed by atoms with Crippen molar-refractivity contribution in [1.29, 1.82) is 0 Å². The normalized spacial score (nSPS) is 10.6. The molecule has 3 heteroatoms. The van der Waals surface area contributed by atoms with Gasteiger partial charge in [0, 0.05) is 10.3 Å². The van der Waals surface area contributed by atoms with Crippen LogP contribution in [0.15, 0.2) is 18.2 Å². The molecule has 0 bridgehead atoms. The Morgan fingerprint density at radius 3 is 2.85 bits per heavy atom. The van der Waals surface area contributed by atoms with Crippen molar-refractivity contribution in [3.63, 3.8) is 0 Å². The lowest BCUT2D eigenvalue weighted by molar-refractivity contribution is 0.419. The minimum atomic E-state index is 0.320. The van der Waals surface area contributed by atoms with Gasteiger partial charge in [-0.3, -0.25) is 0 Å². The maximum absolute atomic E-state index is 9.56. The quantitative estimate of drug-likeness (QED) is 0.756. The summed E-state index contributed by atoms with van der Waals surface area (Å²) >= 11 is 1.63. The van der Waals surface area contributed by atoms with Gasteiger partial charge in [0.2, 0.25) is 0 Å². The van der Waals surface area contributed by atoms with E-state index in [4.69, 9.17) is 4.74 Å². The molecule has 1 heterocycles. The molecule has 2 aromatic rings. The largest absolute Gasteiger partial charge is 0.507 e. The van der Waals surface area contributed by atoms with Gasteiger partial charge >= 0.3 is 0 Å². The van der Waals surface area contributed by atoms with Crippen molar-refractivity contribution in [2.45, 2.75) is 6.92 Å². The molecule has 0 amide bonds. The van der Waals surface area contributed by atoms with Gasteiger partial charge in [-0.1, -0.05) is 0 Å². The summed E-state index contributed by atoms with van der Waals surface area (Å²) in [6.07, 6.45) is 0. The van der Waals surface area contributed by atoms with Crippen molar-refractivity contribution in [3.05, 3.63) is 23.1 Å². The van der Waals surface area contributed by atoms with Gasteiger partial charge < -0.3 is 9.84 Å². The van der Waals surface area contributed by atoms with Crippen LogP contribution in [0.4, 0.5) is 0 Å². The van der Waals surface area contributed by atoms with Crippen LogP contribution in [0.2, 0.25) is 0 Å². The van der Waals surface area contributed by atoms with Gasteiger partial charge in [-0.15, -0.1) is 11.3 Å². The molecule has 0 saturated heterocycles.